The number of hydrazine groups is 1. The van der Waals surface area contributed by atoms with Gasteiger partial charge in [0.1, 0.15) is 5.01 Å². The number of thiazole rings is 1. The molecule has 0 fully saturated rings. The van der Waals surface area contributed by atoms with Crippen LogP contribution in [0.4, 0.5) is 0 Å². The van der Waals surface area contributed by atoms with Crippen molar-refractivity contribution < 1.29 is 4.79 Å². The number of thiophene rings is 1. The fourth-order valence-electron chi connectivity index (χ4n) is 3.29. The summed E-state index contributed by atoms with van der Waals surface area (Å²) >= 11 is 3.54. The number of carbonyl (C=O) groups is 1. The molecule has 4 rings (SSSR count). The number of fused-ring (bicyclic) bond motifs is 2. The summed E-state index contributed by atoms with van der Waals surface area (Å²) in [5.41, 5.74) is 6.69. The topological polar surface area (TPSA) is 45.2 Å². The highest BCUT2D eigenvalue weighted by Crippen LogP contribution is 2.42. The Balaban J connectivity index is 1.74. The second-order valence-corrected chi connectivity index (χ2v) is 8.25. The van der Waals surface area contributed by atoms with E-state index in [0.717, 1.165) is 30.0 Å². The minimum Gasteiger partial charge on any atom is -0.289 e. The van der Waals surface area contributed by atoms with Crippen LogP contribution in [0, 0.1) is 0 Å². The average Bonchev–Trinajstić information content (AvgIpc) is 3.11. The Morgan fingerprint density at radius 1 is 1.38 bits per heavy atom. The fraction of sp³-hybridized carbons (Fsp3) is 0.333. The van der Waals surface area contributed by atoms with Crippen molar-refractivity contribution in [2.24, 2.45) is 0 Å². The highest BCUT2D eigenvalue weighted by atomic mass is 32.1. The van der Waals surface area contributed by atoms with Crippen LogP contribution >= 0.6 is 22.7 Å². The molecule has 1 unspecified atom stereocenters. The molecule has 0 aliphatic carbocycles. The second kappa shape index (κ2) is 6.27. The van der Waals surface area contributed by atoms with Gasteiger partial charge in [-0.1, -0.05) is 19.1 Å². The quantitative estimate of drug-likeness (QED) is 0.740. The third kappa shape index (κ3) is 2.85. The number of carbonyl (C=O) groups excluding carboxylic acids is 1. The predicted molar refractivity (Wildman–Crippen MR) is 100 cm³/mol. The maximum atomic E-state index is 11.4. The summed E-state index contributed by atoms with van der Waals surface area (Å²) < 4.78 is 1.23. The van der Waals surface area contributed by atoms with Crippen molar-refractivity contribution in [3.63, 3.8) is 0 Å². The lowest BCUT2D eigenvalue weighted by Crippen LogP contribution is -2.40. The van der Waals surface area contributed by atoms with Gasteiger partial charge in [-0.05, 0) is 30.0 Å². The van der Waals surface area contributed by atoms with E-state index in [0.29, 0.717) is 5.92 Å². The summed E-state index contributed by atoms with van der Waals surface area (Å²) in [4.78, 5) is 17.6. The molecule has 0 saturated carbocycles. The number of para-hydroxylation sites is 1. The van der Waals surface area contributed by atoms with Crippen LogP contribution < -0.4 is 5.43 Å². The second-order valence-electron chi connectivity index (χ2n) is 6.25. The van der Waals surface area contributed by atoms with Gasteiger partial charge < -0.3 is 0 Å². The van der Waals surface area contributed by atoms with Crippen LogP contribution in [0.15, 0.2) is 29.6 Å². The van der Waals surface area contributed by atoms with Gasteiger partial charge in [0.05, 0.1) is 16.8 Å². The van der Waals surface area contributed by atoms with Crippen molar-refractivity contribution in [3.05, 3.63) is 40.1 Å². The van der Waals surface area contributed by atoms with Crippen LogP contribution in [0.2, 0.25) is 0 Å². The maximum Gasteiger partial charge on any atom is 0.231 e. The molecular formula is C18H19N3OS2. The van der Waals surface area contributed by atoms with Crippen LogP contribution in [0.1, 0.15) is 36.6 Å². The summed E-state index contributed by atoms with van der Waals surface area (Å²) in [5.74, 6) is 0.459. The van der Waals surface area contributed by atoms with Gasteiger partial charge in [-0.15, -0.1) is 22.7 Å². The van der Waals surface area contributed by atoms with E-state index in [2.05, 4.69) is 35.9 Å². The molecule has 6 heteroatoms. The summed E-state index contributed by atoms with van der Waals surface area (Å²) in [5, 5.41) is 5.37. The van der Waals surface area contributed by atoms with Gasteiger partial charge in [-0.25, -0.2) is 9.99 Å². The minimum atomic E-state index is -0.00550. The lowest BCUT2D eigenvalue weighted by molar-refractivity contribution is -0.124. The first-order chi connectivity index (χ1) is 11.6. The van der Waals surface area contributed by atoms with Crippen LogP contribution in [-0.2, 0) is 11.3 Å². The predicted octanol–water partition coefficient (Wildman–Crippen LogP) is 4.39. The summed E-state index contributed by atoms with van der Waals surface area (Å²) in [7, 11) is 0. The van der Waals surface area contributed by atoms with Gasteiger partial charge in [0.2, 0.25) is 5.91 Å². The van der Waals surface area contributed by atoms with Gasteiger partial charge in [-0.2, -0.15) is 0 Å². The first-order valence-electron chi connectivity index (χ1n) is 8.10. The minimum absolute atomic E-state index is 0.00550. The largest absolute Gasteiger partial charge is 0.289 e. The number of aromatic nitrogens is 1. The zero-order valence-corrected chi connectivity index (χ0v) is 15.3. The van der Waals surface area contributed by atoms with E-state index in [1.807, 2.05) is 11.1 Å². The third-order valence-electron chi connectivity index (χ3n) is 4.41. The van der Waals surface area contributed by atoms with Crippen LogP contribution in [0.3, 0.4) is 0 Å². The molecule has 3 heterocycles. The van der Waals surface area contributed by atoms with Crippen molar-refractivity contribution >= 4 is 38.8 Å². The average molecular weight is 358 g/mol. The fourth-order valence-corrected chi connectivity index (χ4v) is 5.53. The lowest BCUT2D eigenvalue weighted by Gasteiger charge is -2.19. The van der Waals surface area contributed by atoms with Crippen molar-refractivity contribution in [3.8, 4) is 10.6 Å². The Labute approximate surface area is 149 Å². The Morgan fingerprint density at radius 2 is 2.21 bits per heavy atom. The lowest BCUT2D eigenvalue weighted by atomic mass is 9.95. The molecule has 4 nitrogen and oxygen atoms in total. The molecule has 1 amide bonds. The zero-order chi connectivity index (χ0) is 16.7. The van der Waals surface area contributed by atoms with E-state index in [9.17, 15) is 4.79 Å². The molecule has 0 spiro atoms. The molecule has 0 radical (unpaired) electrons. The van der Waals surface area contributed by atoms with Gasteiger partial charge in [0.25, 0.3) is 0 Å². The molecule has 1 aliphatic heterocycles. The molecule has 1 aromatic carbocycles. The first kappa shape index (κ1) is 15.7. The van der Waals surface area contributed by atoms with Crippen molar-refractivity contribution in [1.29, 1.82) is 0 Å². The third-order valence-corrected chi connectivity index (χ3v) is 6.47. The van der Waals surface area contributed by atoms with Gasteiger partial charge in [0.15, 0.2) is 0 Å². The number of nitrogens with zero attached hydrogens (tertiary/aromatic N) is 2. The van der Waals surface area contributed by atoms with Crippen molar-refractivity contribution in [1.82, 2.24) is 15.4 Å². The molecule has 3 aromatic rings. The molecule has 24 heavy (non-hydrogen) atoms. The number of hydrogen-bond donors (Lipinski definition) is 1. The summed E-state index contributed by atoms with van der Waals surface area (Å²) in [6, 6.07) is 8.30. The van der Waals surface area contributed by atoms with Gasteiger partial charge in [-0.3, -0.25) is 10.2 Å². The van der Waals surface area contributed by atoms with E-state index >= 15 is 0 Å². The van der Waals surface area contributed by atoms with E-state index in [-0.39, 0.29) is 5.91 Å². The monoisotopic (exact) mass is 357 g/mol. The van der Waals surface area contributed by atoms with Crippen LogP contribution in [0.25, 0.3) is 20.8 Å². The zero-order valence-electron chi connectivity index (χ0n) is 13.7. The highest BCUT2D eigenvalue weighted by molar-refractivity contribution is 7.22. The normalized spacial score (nSPS) is 18.3. The Hall–Kier alpha value is -1.76. The molecule has 2 aromatic heterocycles. The Bertz CT molecular complexity index is 866. The van der Waals surface area contributed by atoms with Gasteiger partial charge in [0, 0.05) is 29.3 Å². The smallest absolute Gasteiger partial charge is 0.231 e. The molecule has 1 atom stereocenters. The standard InChI is InChI=1S/C18H19N3OS2/c1-11-7-8-21(20-12(2)22)9-16-17(11)13(10-23-16)18-19-14-5-3-4-6-15(14)24-18/h3-6,10-11H,7-9H2,1-2H3,(H,20,22). The van der Waals surface area contributed by atoms with E-state index in [1.165, 1.54) is 20.7 Å². The first-order valence-corrected chi connectivity index (χ1v) is 9.80. The molecule has 1 N–H and O–H groups in total. The molecule has 0 bridgehead atoms. The number of amides is 1. The number of hydrogen-bond acceptors (Lipinski definition) is 5. The van der Waals surface area contributed by atoms with E-state index in [4.69, 9.17) is 4.98 Å². The van der Waals surface area contributed by atoms with Crippen LogP contribution in [0.5, 0.6) is 0 Å². The molecular weight excluding hydrogens is 338 g/mol. The summed E-state index contributed by atoms with van der Waals surface area (Å²) in [6.07, 6.45) is 1.03. The summed E-state index contributed by atoms with van der Waals surface area (Å²) in [6.45, 7) is 5.49. The number of benzene rings is 1. The molecule has 0 saturated heterocycles. The Kier molecular flexibility index (Phi) is 4.12. The maximum absolute atomic E-state index is 11.4. The van der Waals surface area contributed by atoms with Crippen molar-refractivity contribution in [2.75, 3.05) is 6.54 Å². The van der Waals surface area contributed by atoms with E-state index in [1.54, 1.807) is 29.6 Å². The number of nitrogens with one attached hydrogen (secondary N) is 1. The van der Waals surface area contributed by atoms with E-state index < -0.39 is 0 Å². The molecule has 124 valence electrons. The van der Waals surface area contributed by atoms with Gasteiger partial charge >= 0.3 is 0 Å². The molecule has 1 aliphatic rings. The Morgan fingerprint density at radius 3 is 3.00 bits per heavy atom. The SMILES string of the molecule is CC(=O)NN1CCC(C)c2c(-c3nc4ccccc4s3)csc2C1. The van der Waals surface area contributed by atoms with Crippen LogP contribution in [-0.4, -0.2) is 22.4 Å². The highest BCUT2D eigenvalue weighted by Gasteiger charge is 2.26. The van der Waals surface area contributed by atoms with Crippen molar-refractivity contribution in [2.45, 2.75) is 32.7 Å². The number of rotatable bonds is 2.